The SMILES string of the molecule is CC(C)(CNC(=O)c1cc(Cl)cc(Cl)c1OC(F)F)N1CCOCC1. The third kappa shape index (κ3) is 5.41. The fourth-order valence-electron chi connectivity index (χ4n) is 2.61. The number of hydrogen-bond acceptors (Lipinski definition) is 4. The molecule has 1 heterocycles. The van der Waals surface area contributed by atoms with Gasteiger partial charge in [0.25, 0.3) is 5.91 Å². The average Bonchev–Trinajstić information content (AvgIpc) is 2.55. The summed E-state index contributed by atoms with van der Waals surface area (Å²) in [5, 5.41) is 2.75. The van der Waals surface area contributed by atoms with Gasteiger partial charge in [-0.15, -0.1) is 0 Å². The molecule has 5 nitrogen and oxygen atoms in total. The number of carbonyl (C=O) groups is 1. The third-order valence-electron chi connectivity index (χ3n) is 4.01. The maximum atomic E-state index is 12.6. The van der Waals surface area contributed by atoms with Gasteiger partial charge in [0.15, 0.2) is 5.75 Å². The Morgan fingerprint density at radius 1 is 1.36 bits per heavy atom. The lowest BCUT2D eigenvalue weighted by Crippen LogP contribution is -2.55. The molecule has 9 heteroatoms. The first-order chi connectivity index (χ1) is 11.7. The van der Waals surface area contributed by atoms with E-state index in [1.54, 1.807) is 0 Å². The quantitative estimate of drug-likeness (QED) is 0.799. The van der Waals surface area contributed by atoms with Crippen molar-refractivity contribution in [3.05, 3.63) is 27.7 Å². The Morgan fingerprint density at radius 2 is 2.00 bits per heavy atom. The summed E-state index contributed by atoms with van der Waals surface area (Å²) in [5.41, 5.74) is -0.457. The standard InChI is InChI=1S/C16H20Cl2F2N2O3/c1-16(2,22-3-5-24-6-4-22)9-21-14(23)11-7-10(17)8-12(18)13(11)25-15(19)20/h7-8,15H,3-6,9H2,1-2H3,(H,21,23). The lowest BCUT2D eigenvalue weighted by Gasteiger charge is -2.40. The van der Waals surface area contributed by atoms with E-state index in [1.807, 2.05) is 13.8 Å². The molecular formula is C16H20Cl2F2N2O3. The van der Waals surface area contributed by atoms with E-state index in [4.69, 9.17) is 27.9 Å². The fraction of sp³-hybridized carbons (Fsp3) is 0.562. The number of alkyl halides is 2. The van der Waals surface area contributed by atoms with Gasteiger partial charge in [0, 0.05) is 30.2 Å². The van der Waals surface area contributed by atoms with E-state index >= 15 is 0 Å². The van der Waals surface area contributed by atoms with Crippen LogP contribution >= 0.6 is 23.2 Å². The molecule has 1 aliphatic heterocycles. The number of halogens is 4. The van der Waals surface area contributed by atoms with Crippen molar-refractivity contribution in [2.45, 2.75) is 26.0 Å². The first-order valence-corrected chi connectivity index (χ1v) is 8.51. The highest BCUT2D eigenvalue weighted by Crippen LogP contribution is 2.33. The topological polar surface area (TPSA) is 50.8 Å². The van der Waals surface area contributed by atoms with Crippen LogP contribution in [-0.4, -0.2) is 55.8 Å². The molecule has 25 heavy (non-hydrogen) atoms. The molecule has 2 rings (SSSR count). The number of nitrogens with zero attached hydrogens (tertiary/aromatic N) is 1. The summed E-state index contributed by atoms with van der Waals surface area (Å²) in [6.45, 7) is 3.96. The van der Waals surface area contributed by atoms with Gasteiger partial charge in [-0.3, -0.25) is 9.69 Å². The molecule has 0 aromatic heterocycles. The van der Waals surface area contributed by atoms with E-state index in [0.717, 1.165) is 13.1 Å². The van der Waals surface area contributed by atoms with Crippen LogP contribution in [0, 0.1) is 0 Å². The van der Waals surface area contributed by atoms with Crippen LogP contribution in [0.5, 0.6) is 5.75 Å². The smallest absolute Gasteiger partial charge is 0.387 e. The van der Waals surface area contributed by atoms with Crippen molar-refractivity contribution < 1.29 is 23.0 Å². The van der Waals surface area contributed by atoms with Crippen LogP contribution in [0.1, 0.15) is 24.2 Å². The Morgan fingerprint density at radius 3 is 2.60 bits per heavy atom. The minimum Gasteiger partial charge on any atom is -0.432 e. The normalized spacial score (nSPS) is 16.1. The minimum absolute atomic E-state index is 0.129. The van der Waals surface area contributed by atoms with E-state index in [1.165, 1.54) is 12.1 Å². The summed E-state index contributed by atoms with van der Waals surface area (Å²) >= 11 is 11.8. The number of nitrogens with one attached hydrogen (secondary N) is 1. The van der Waals surface area contributed by atoms with Gasteiger partial charge >= 0.3 is 6.61 Å². The van der Waals surface area contributed by atoms with Gasteiger partial charge in [0.05, 0.1) is 23.8 Å². The van der Waals surface area contributed by atoms with Gasteiger partial charge < -0.3 is 14.8 Å². The molecule has 1 aliphatic rings. The zero-order valence-electron chi connectivity index (χ0n) is 14.0. The van der Waals surface area contributed by atoms with Crippen molar-refractivity contribution in [1.29, 1.82) is 0 Å². The second-order valence-corrected chi connectivity index (χ2v) is 7.08. The van der Waals surface area contributed by atoms with Crippen molar-refractivity contribution in [2.24, 2.45) is 0 Å². The Labute approximate surface area is 155 Å². The van der Waals surface area contributed by atoms with Crippen LogP contribution in [0.15, 0.2) is 12.1 Å². The molecular weight excluding hydrogens is 377 g/mol. The lowest BCUT2D eigenvalue weighted by atomic mass is 10.0. The first kappa shape index (κ1) is 20.2. The van der Waals surface area contributed by atoms with E-state index in [9.17, 15) is 13.6 Å². The van der Waals surface area contributed by atoms with Crippen LogP contribution in [0.3, 0.4) is 0 Å². The van der Waals surface area contributed by atoms with E-state index < -0.39 is 12.5 Å². The summed E-state index contributed by atoms with van der Waals surface area (Å²) in [6, 6.07) is 2.50. The number of ether oxygens (including phenoxy) is 2. The summed E-state index contributed by atoms with van der Waals surface area (Å²) in [4.78, 5) is 14.7. The Balaban J connectivity index is 2.12. The summed E-state index contributed by atoms with van der Waals surface area (Å²) in [7, 11) is 0. The fourth-order valence-corrected chi connectivity index (χ4v) is 3.15. The molecule has 0 bridgehead atoms. The van der Waals surface area contributed by atoms with Gasteiger partial charge in [0.2, 0.25) is 0 Å². The summed E-state index contributed by atoms with van der Waals surface area (Å²) < 4.78 is 34.9. The van der Waals surface area contributed by atoms with Gasteiger partial charge in [-0.25, -0.2) is 0 Å². The molecule has 0 aliphatic carbocycles. The van der Waals surface area contributed by atoms with Crippen molar-refractivity contribution in [1.82, 2.24) is 10.2 Å². The minimum atomic E-state index is -3.10. The molecule has 0 radical (unpaired) electrons. The lowest BCUT2D eigenvalue weighted by molar-refractivity contribution is -0.0501. The van der Waals surface area contributed by atoms with Crippen molar-refractivity contribution in [3.63, 3.8) is 0 Å². The van der Waals surface area contributed by atoms with Crippen molar-refractivity contribution in [3.8, 4) is 5.75 Å². The van der Waals surface area contributed by atoms with Gasteiger partial charge in [-0.1, -0.05) is 23.2 Å². The molecule has 0 spiro atoms. The number of benzene rings is 1. The number of rotatable bonds is 6. The molecule has 1 fully saturated rings. The predicted molar refractivity (Wildman–Crippen MR) is 91.9 cm³/mol. The molecule has 1 aromatic rings. The van der Waals surface area contributed by atoms with Crippen LogP contribution in [0.4, 0.5) is 8.78 Å². The highest BCUT2D eigenvalue weighted by atomic mass is 35.5. The summed E-state index contributed by atoms with van der Waals surface area (Å²) in [5.74, 6) is -0.968. The van der Waals surface area contributed by atoms with Crippen molar-refractivity contribution in [2.75, 3.05) is 32.8 Å². The maximum Gasteiger partial charge on any atom is 0.387 e. The Bertz CT molecular complexity index is 624. The largest absolute Gasteiger partial charge is 0.432 e. The number of hydrogen-bond donors (Lipinski definition) is 1. The predicted octanol–water partition coefficient (Wildman–Crippen LogP) is 3.44. The van der Waals surface area contributed by atoms with Crippen LogP contribution in [-0.2, 0) is 4.74 Å². The van der Waals surface area contributed by atoms with Gasteiger partial charge in [-0.2, -0.15) is 8.78 Å². The molecule has 0 saturated carbocycles. The molecule has 1 saturated heterocycles. The Hall–Kier alpha value is -1.15. The highest BCUT2D eigenvalue weighted by molar-refractivity contribution is 6.36. The third-order valence-corrected chi connectivity index (χ3v) is 4.51. The zero-order valence-corrected chi connectivity index (χ0v) is 15.5. The molecule has 1 amide bonds. The molecule has 0 atom stereocenters. The number of morpholine rings is 1. The maximum absolute atomic E-state index is 12.6. The zero-order chi connectivity index (χ0) is 18.6. The highest BCUT2D eigenvalue weighted by Gasteiger charge is 2.29. The average molecular weight is 397 g/mol. The second-order valence-electron chi connectivity index (χ2n) is 6.24. The van der Waals surface area contributed by atoms with Crippen molar-refractivity contribution >= 4 is 29.1 Å². The molecule has 1 aromatic carbocycles. The summed E-state index contributed by atoms with van der Waals surface area (Å²) in [6.07, 6.45) is 0. The van der Waals surface area contributed by atoms with E-state index in [0.29, 0.717) is 19.8 Å². The van der Waals surface area contributed by atoms with Crippen LogP contribution < -0.4 is 10.1 Å². The molecule has 1 N–H and O–H groups in total. The van der Waals surface area contributed by atoms with Crippen LogP contribution in [0.25, 0.3) is 0 Å². The van der Waals surface area contributed by atoms with Gasteiger partial charge in [-0.05, 0) is 26.0 Å². The molecule has 0 unspecified atom stereocenters. The first-order valence-electron chi connectivity index (χ1n) is 7.75. The molecule has 140 valence electrons. The van der Waals surface area contributed by atoms with E-state index in [2.05, 4.69) is 15.0 Å². The number of carbonyl (C=O) groups excluding carboxylic acids is 1. The Kier molecular flexibility index (Phi) is 6.85. The van der Waals surface area contributed by atoms with Crippen LogP contribution in [0.2, 0.25) is 10.0 Å². The second kappa shape index (κ2) is 8.49. The van der Waals surface area contributed by atoms with Gasteiger partial charge in [0.1, 0.15) is 0 Å². The number of amides is 1. The monoisotopic (exact) mass is 396 g/mol. The van der Waals surface area contributed by atoms with E-state index in [-0.39, 0.29) is 26.9 Å².